The van der Waals surface area contributed by atoms with Gasteiger partial charge in [0.05, 0.1) is 141 Å². The molecule has 0 aliphatic heterocycles. The number of nitro benzene ring substituents is 2. The van der Waals surface area contributed by atoms with Gasteiger partial charge in [0, 0.05) is 12.6 Å². The summed E-state index contributed by atoms with van der Waals surface area (Å²) >= 11 is 0. The van der Waals surface area contributed by atoms with E-state index < -0.39 is 9.85 Å². The smallest absolute Gasteiger partial charge is 0.308 e. The normalized spacial score (nSPS) is 11.8. The Balaban J connectivity index is 1.75. The summed E-state index contributed by atoms with van der Waals surface area (Å²) < 4.78 is 54.3. The molecular formula is C34H59N3O15. The first-order valence-electron chi connectivity index (χ1n) is 17.9. The highest BCUT2D eigenvalue weighted by molar-refractivity contribution is 5.72. The summed E-state index contributed by atoms with van der Waals surface area (Å²) in [6.07, 6.45) is 3.78. The number of unbranched alkanes of at least 4 members (excludes halogenated alkanes) is 1. The molecule has 0 aliphatic carbocycles. The molecule has 300 valence electrons. The lowest BCUT2D eigenvalue weighted by molar-refractivity contribution is -0.393. The molecule has 1 aromatic carbocycles. The van der Waals surface area contributed by atoms with Crippen LogP contribution in [0.25, 0.3) is 0 Å². The number of rotatable bonds is 38. The van der Waals surface area contributed by atoms with Crippen LogP contribution in [0.1, 0.15) is 39.5 Å². The molecule has 0 bridgehead atoms. The van der Waals surface area contributed by atoms with E-state index in [9.17, 15) is 25.0 Å². The van der Waals surface area contributed by atoms with Gasteiger partial charge in [-0.1, -0.05) is 26.7 Å². The van der Waals surface area contributed by atoms with E-state index in [4.69, 9.17) is 47.4 Å². The summed E-state index contributed by atoms with van der Waals surface area (Å²) in [7, 11) is 0. The molecule has 0 fully saturated rings. The maximum absolute atomic E-state index is 12.0. The number of benzene rings is 1. The molecule has 0 saturated carbocycles. The Bertz CT molecular complexity index is 1050. The Hall–Kier alpha value is -3.07. The van der Waals surface area contributed by atoms with Crippen LogP contribution in [-0.4, -0.2) is 148 Å². The minimum atomic E-state index is -0.683. The van der Waals surface area contributed by atoms with Gasteiger partial charge in [0.1, 0.15) is 12.3 Å². The monoisotopic (exact) mass is 749 g/mol. The van der Waals surface area contributed by atoms with E-state index in [1.54, 1.807) is 0 Å². The highest BCUT2D eigenvalue weighted by atomic mass is 16.6. The van der Waals surface area contributed by atoms with Crippen LogP contribution in [0.5, 0.6) is 0 Å². The zero-order valence-corrected chi connectivity index (χ0v) is 30.8. The minimum absolute atomic E-state index is 0.0179. The highest BCUT2D eigenvalue weighted by Gasteiger charge is 2.19. The van der Waals surface area contributed by atoms with Crippen molar-refractivity contribution in [2.24, 2.45) is 5.92 Å². The van der Waals surface area contributed by atoms with Gasteiger partial charge < -0.3 is 52.7 Å². The molecule has 1 atom stereocenters. The number of nitro groups is 2. The second-order valence-electron chi connectivity index (χ2n) is 11.1. The van der Waals surface area contributed by atoms with E-state index in [1.807, 2.05) is 6.92 Å². The van der Waals surface area contributed by atoms with Gasteiger partial charge in [-0.2, -0.15) is 0 Å². The predicted octanol–water partition coefficient (Wildman–Crippen LogP) is 3.82. The van der Waals surface area contributed by atoms with Crippen LogP contribution < -0.4 is 5.32 Å². The van der Waals surface area contributed by atoms with Gasteiger partial charge in [0.15, 0.2) is 0 Å². The summed E-state index contributed by atoms with van der Waals surface area (Å²) in [5.41, 5.74) is -0.533. The summed E-state index contributed by atoms with van der Waals surface area (Å²) in [5, 5.41) is 24.8. The molecule has 0 amide bonds. The van der Waals surface area contributed by atoms with Crippen molar-refractivity contribution in [3.05, 3.63) is 38.4 Å². The van der Waals surface area contributed by atoms with Gasteiger partial charge in [-0.25, -0.2) is 0 Å². The zero-order valence-electron chi connectivity index (χ0n) is 30.8. The first-order chi connectivity index (χ1) is 25.4. The van der Waals surface area contributed by atoms with Gasteiger partial charge >= 0.3 is 5.97 Å². The van der Waals surface area contributed by atoms with Crippen LogP contribution >= 0.6 is 0 Å². The number of esters is 1. The van der Waals surface area contributed by atoms with E-state index in [0.717, 1.165) is 31.7 Å². The van der Waals surface area contributed by atoms with Crippen molar-refractivity contribution in [2.45, 2.75) is 39.5 Å². The average molecular weight is 750 g/mol. The number of nitrogens with one attached hydrogen (secondary N) is 1. The maximum Gasteiger partial charge on any atom is 0.308 e. The topological polar surface area (TPSA) is 208 Å². The lowest BCUT2D eigenvalue weighted by Gasteiger charge is -2.13. The van der Waals surface area contributed by atoms with Crippen molar-refractivity contribution in [1.82, 2.24) is 0 Å². The number of nitrogens with zero attached hydrogens (tertiary/aromatic N) is 2. The van der Waals surface area contributed by atoms with Crippen molar-refractivity contribution < 1.29 is 62.0 Å². The van der Waals surface area contributed by atoms with Gasteiger partial charge in [0.2, 0.25) is 0 Å². The molecule has 18 nitrogen and oxygen atoms in total. The fourth-order valence-corrected chi connectivity index (χ4v) is 4.31. The SMILES string of the molecule is CCCCC(CC)C(=O)OCCOCCOCCOCCOCCOCCOCCOCCOCCOCCNc1ccc([N+](=O)[O-])cc1[N+](=O)[O-]. The van der Waals surface area contributed by atoms with Crippen molar-refractivity contribution in [3.63, 3.8) is 0 Å². The van der Waals surface area contributed by atoms with Gasteiger partial charge in [-0.05, 0) is 18.9 Å². The Morgan fingerprint density at radius 3 is 1.38 bits per heavy atom. The van der Waals surface area contributed by atoms with E-state index >= 15 is 0 Å². The highest BCUT2D eigenvalue weighted by Crippen LogP contribution is 2.28. The van der Waals surface area contributed by atoms with Crippen molar-refractivity contribution >= 4 is 23.0 Å². The predicted molar refractivity (Wildman–Crippen MR) is 190 cm³/mol. The molecule has 52 heavy (non-hydrogen) atoms. The maximum atomic E-state index is 12.0. The van der Waals surface area contributed by atoms with Crippen LogP contribution in [0, 0.1) is 26.1 Å². The Kier molecular flexibility index (Phi) is 30.5. The molecule has 1 N–H and O–H groups in total. The van der Waals surface area contributed by atoms with E-state index in [-0.39, 0.29) is 48.7 Å². The fourth-order valence-electron chi connectivity index (χ4n) is 4.31. The summed E-state index contributed by atoms with van der Waals surface area (Å²) in [4.78, 5) is 32.6. The van der Waals surface area contributed by atoms with Crippen LogP contribution in [0.2, 0.25) is 0 Å². The molecule has 0 radical (unpaired) electrons. The molecule has 0 aromatic heterocycles. The molecule has 1 unspecified atom stereocenters. The van der Waals surface area contributed by atoms with E-state index in [1.165, 1.54) is 12.1 Å². The largest absolute Gasteiger partial charge is 0.463 e. The first kappa shape index (κ1) is 47.0. The number of hydrogen-bond donors (Lipinski definition) is 1. The molecule has 1 aromatic rings. The molecule has 18 heteroatoms. The quantitative estimate of drug-likeness (QED) is 0.0441. The van der Waals surface area contributed by atoms with Gasteiger partial charge in [0.25, 0.3) is 11.4 Å². The second kappa shape index (κ2) is 33.7. The average Bonchev–Trinajstić information content (AvgIpc) is 3.14. The summed E-state index contributed by atoms with van der Waals surface area (Å²) in [6.45, 7) is 12.2. The molecule has 0 aliphatic rings. The Morgan fingerprint density at radius 2 is 1.02 bits per heavy atom. The van der Waals surface area contributed by atoms with Crippen LogP contribution in [-0.2, 0) is 52.2 Å². The number of ether oxygens (including phenoxy) is 10. The summed E-state index contributed by atoms with van der Waals surface area (Å²) in [5.74, 6) is -0.152. The van der Waals surface area contributed by atoms with Crippen molar-refractivity contribution in [2.75, 3.05) is 137 Å². The molecule has 1 rings (SSSR count). The van der Waals surface area contributed by atoms with Crippen LogP contribution in [0.15, 0.2) is 18.2 Å². The molecular weight excluding hydrogens is 690 g/mol. The van der Waals surface area contributed by atoms with Crippen molar-refractivity contribution in [3.8, 4) is 0 Å². The number of hydrogen-bond acceptors (Lipinski definition) is 16. The summed E-state index contributed by atoms with van der Waals surface area (Å²) in [6, 6.07) is 3.42. The van der Waals surface area contributed by atoms with Gasteiger partial charge in [-0.3, -0.25) is 25.0 Å². The van der Waals surface area contributed by atoms with Crippen molar-refractivity contribution in [1.29, 1.82) is 0 Å². The fraction of sp³-hybridized carbons (Fsp3) is 0.794. The lowest BCUT2D eigenvalue weighted by atomic mass is 10.00. The molecule has 0 saturated heterocycles. The zero-order chi connectivity index (χ0) is 37.9. The molecule has 0 heterocycles. The Labute approximate surface area is 306 Å². The lowest BCUT2D eigenvalue weighted by Crippen LogP contribution is -2.20. The number of carbonyl (C=O) groups excluding carboxylic acids is 1. The number of non-ortho nitro benzene ring substituents is 1. The third-order valence-corrected chi connectivity index (χ3v) is 7.13. The standard InChI is InChI=1S/C34H59N3O15/c1-3-5-6-30(4-2)34(38)52-28-27-51-26-25-50-24-23-49-22-21-48-20-19-47-18-17-46-16-15-45-14-13-44-12-11-43-10-9-35-32-8-7-31(36(39)40)29-33(32)37(41)42/h7-8,29-30,35H,3-6,9-28H2,1-2H3. The third kappa shape index (κ3) is 25.8. The third-order valence-electron chi connectivity index (χ3n) is 7.13. The van der Waals surface area contributed by atoms with E-state index in [0.29, 0.717) is 112 Å². The van der Waals surface area contributed by atoms with Crippen LogP contribution in [0.3, 0.4) is 0 Å². The van der Waals surface area contributed by atoms with Crippen LogP contribution in [0.4, 0.5) is 17.1 Å². The second-order valence-corrected chi connectivity index (χ2v) is 11.1. The first-order valence-corrected chi connectivity index (χ1v) is 17.9. The number of anilines is 1. The van der Waals surface area contributed by atoms with Gasteiger partial charge in [-0.15, -0.1) is 0 Å². The minimum Gasteiger partial charge on any atom is -0.463 e. The molecule has 0 spiro atoms. The Morgan fingerprint density at radius 1 is 0.615 bits per heavy atom. The van der Waals surface area contributed by atoms with E-state index in [2.05, 4.69) is 12.2 Å². The number of carbonyl (C=O) groups is 1.